The zero-order valence-electron chi connectivity index (χ0n) is 30.3. The second-order valence-corrected chi connectivity index (χ2v) is 14.1. The molecule has 2 aromatic heterocycles. The van der Waals surface area contributed by atoms with E-state index >= 15 is 0 Å². The van der Waals surface area contributed by atoms with E-state index in [0.29, 0.717) is 17.5 Å². The van der Waals surface area contributed by atoms with Gasteiger partial charge in [0, 0.05) is 50.0 Å². The summed E-state index contributed by atoms with van der Waals surface area (Å²) in [7, 11) is 0. The van der Waals surface area contributed by atoms with Crippen LogP contribution in [-0.2, 0) is 0 Å². The number of hydrogen-bond acceptors (Lipinski definition) is 4. The van der Waals surface area contributed by atoms with E-state index in [2.05, 4.69) is 149 Å². The van der Waals surface area contributed by atoms with Crippen molar-refractivity contribution >= 4 is 38.9 Å². The number of benzene rings is 8. The van der Waals surface area contributed by atoms with Crippen LogP contribution in [0.5, 0.6) is 0 Å². The zero-order chi connectivity index (χ0) is 37.0. The second kappa shape index (κ2) is 13.0. The molecule has 0 fully saturated rings. The molecule has 0 saturated carbocycles. The molecule has 0 atom stereocenters. The highest BCUT2D eigenvalue weighted by molar-refractivity contribution is 6.14. The molecule has 0 bridgehead atoms. The second-order valence-electron chi connectivity index (χ2n) is 14.1. The van der Waals surface area contributed by atoms with Gasteiger partial charge in [-0.25, -0.2) is 15.0 Å². The average molecular weight is 716 g/mol. The van der Waals surface area contributed by atoms with Crippen LogP contribution < -0.4 is 4.90 Å². The van der Waals surface area contributed by atoms with Crippen LogP contribution in [0.1, 0.15) is 0 Å². The van der Waals surface area contributed by atoms with Gasteiger partial charge in [0.15, 0.2) is 17.5 Å². The summed E-state index contributed by atoms with van der Waals surface area (Å²) in [5.74, 6) is 1.91. The largest absolute Gasteiger partial charge is 0.309 e. The molecule has 0 amide bonds. The van der Waals surface area contributed by atoms with Gasteiger partial charge in [0.25, 0.3) is 0 Å². The molecule has 5 nitrogen and oxygen atoms in total. The number of nitrogens with zero attached hydrogens (tertiary/aromatic N) is 5. The Labute approximate surface area is 324 Å². The van der Waals surface area contributed by atoms with Crippen molar-refractivity contribution in [2.75, 3.05) is 4.90 Å². The van der Waals surface area contributed by atoms with E-state index in [-0.39, 0.29) is 0 Å². The molecule has 11 rings (SSSR count). The van der Waals surface area contributed by atoms with E-state index in [4.69, 9.17) is 15.0 Å². The Morgan fingerprint density at radius 3 is 1.43 bits per heavy atom. The molecule has 1 aliphatic heterocycles. The molecule has 10 aromatic rings. The molecule has 262 valence electrons. The smallest absolute Gasteiger partial charge is 0.164 e. The van der Waals surface area contributed by atoms with Gasteiger partial charge in [-0.05, 0) is 65.7 Å². The van der Waals surface area contributed by atoms with Crippen molar-refractivity contribution in [3.8, 4) is 62.1 Å². The third-order valence-corrected chi connectivity index (χ3v) is 10.8. The third kappa shape index (κ3) is 5.21. The first kappa shape index (κ1) is 31.9. The number of hydrogen-bond donors (Lipinski definition) is 0. The highest BCUT2D eigenvalue weighted by Gasteiger charge is 2.27. The van der Waals surface area contributed by atoms with Gasteiger partial charge in [-0.1, -0.05) is 146 Å². The van der Waals surface area contributed by atoms with Gasteiger partial charge in [-0.15, -0.1) is 0 Å². The van der Waals surface area contributed by atoms with Gasteiger partial charge in [-0.3, -0.25) is 0 Å². The van der Waals surface area contributed by atoms with Gasteiger partial charge < -0.3 is 9.47 Å². The van der Waals surface area contributed by atoms with Crippen molar-refractivity contribution in [1.82, 2.24) is 19.5 Å². The average Bonchev–Trinajstić information content (AvgIpc) is 3.54. The lowest BCUT2D eigenvalue weighted by molar-refractivity contribution is 1.07. The van der Waals surface area contributed by atoms with Crippen LogP contribution in [0.2, 0.25) is 0 Å². The predicted octanol–water partition coefficient (Wildman–Crippen LogP) is 13.1. The summed E-state index contributed by atoms with van der Waals surface area (Å²) in [6, 6.07) is 70.6. The Kier molecular flexibility index (Phi) is 7.42. The lowest BCUT2D eigenvalue weighted by Crippen LogP contribution is -2.10. The van der Waals surface area contributed by atoms with Crippen molar-refractivity contribution < 1.29 is 0 Å². The van der Waals surface area contributed by atoms with Crippen LogP contribution in [0.3, 0.4) is 0 Å². The van der Waals surface area contributed by atoms with Crippen molar-refractivity contribution in [1.29, 1.82) is 0 Å². The SMILES string of the molecule is c1ccc(-c2nc(-c3ccccc3)nc(-c3cccc(-n4c5ccccc5c5cc6c(cc54)-c4ccccc4N(c4ccccc4)c4ccccc4-6)c3)n2)cc1. The highest BCUT2D eigenvalue weighted by atomic mass is 15.1. The monoisotopic (exact) mass is 715 g/mol. The Morgan fingerprint density at radius 1 is 0.304 bits per heavy atom. The topological polar surface area (TPSA) is 46.8 Å². The highest BCUT2D eigenvalue weighted by Crippen LogP contribution is 2.52. The number of para-hydroxylation sites is 4. The molecule has 1 aliphatic rings. The molecular weight excluding hydrogens is 683 g/mol. The third-order valence-electron chi connectivity index (χ3n) is 10.8. The number of aromatic nitrogens is 4. The van der Waals surface area contributed by atoms with E-state index in [0.717, 1.165) is 50.5 Å². The number of fused-ring (bicyclic) bond motifs is 8. The molecule has 0 radical (unpaired) electrons. The molecular formula is C51H33N5. The van der Waals surface area contributed by atoms with Crippen LogP contribution >= 0.6 is 0 Å². The maximum Gasteiger partial charge on any atom is 0.164 e. The minimum absolute atomic E-state index is 0.626. The van der Waals surface area contributed by atoms with Crippen LogP contribution in [0.25, 0.3) is 83.9 Å². The molecule has 0 unspecified atom stereocenters. The Bertz CT molecular complexity index is 3020. The van der Waals surface area contributed by atoms with Crippen molar-refractivity contribution in [2.24, 2.45) is 0 Å². The molecule has 0 N–H and O–H groups in total. The zero-order valence-corrected chi connectivity index (χ0v) is 30.3. The summed E-state index contributed by atoms with van der Waals surface area (Å²) >= 11 is 0. The predicted molar refractivity (Wildman–Crippen MR) is 230 cm³/mol. The van der Waals surface area contributed by atoms with Crippen molar-refractivity contribution in [2.45, 2.75) is 0 Å². The molecule has 5 heteroatoms. The van der Waals surface area contributed by atoms with Crippen molar-refractivity contribution in [3.63, 3.8) is 0 Å². The van der Waals surface area contributed by atoms with E-state index in [1.165, 1.54) is 33.0 Å². The standard InChI is InChI=1S/C51H33N5/c1-4-17-34(18-5-1)49-52-50(35-19-6-2-7-20-35)54-51(53-49)36-21-16-24-38(31-36)56-47-30-15-12-27-41(47)44-32-42-39-25-10-13-28-45(39)55(37-22-8-3-9-23-37)46-29-14-11-26-40(46)43(42)33-48(44)56/h1-33H. The normalized spacial score (nSPS) is 11.9. The van der Waals surface area contributed by atoms with Gasteiger partial charge >= 0.3 is 0 Å². The summed E-state index contributed by atoms with van der Waals surface area (Å²) in [5, 5.41) is 2.40. The van der Waals surface area contributed by atoms with E-state index < -0.39 is 0 Å². The fourth-order valence-electron chi connectivity index (χ4n) is 8.24. The van der Waals surface area contributed by atoms with E-state index in [1.807, 2.05) is 60.7 Å². The summed E-state index contributed by atoms with van der Waals surface area (Å²) in [5.41, 5.74) is 14.3. The maximum absolute atomic E-state index is 5.06. The molecule has 0 spiro atoms. The first-order valence-electron chi connectivity index (χ1n) is 18.9. The van der Waals surface area contributed by atoms with Crippen LogP contribution in [0, 0.1) is 0 Å². The van der Waals surface area contributed by atoms with Gasteiger partial charge in [0.2, 0.25) is 0 Å². The molecule has 56 heavy (non-hydrogen) atoms. The minimum atomic E-state index is 0.626. The molecule has 3 heterocycles. The van der Waals surface area contributed by atoms with Gasteiger partial charge in [0.05, 0.1) is 22.4 Å². The first-order chi connectivity index (χ1) is 27.8. The number of rotatable bonds is 5. The van der Waals surface area contributed by atoms with Gasteiger partial charge in [-0.2, -0.15) is 0 Å². The Hall–Kier alpha value is -7.63. The fourth-order valence-corrected chi connectivity index (χ4v) is 8.24. The van der Waals surface area contributed by atoms with E-state index in [9.17, 15) is 0 Å². The van der Waals surface area contributed by atoms with Crippen LogP contribution in [0.15, 0.2) is 200 Å². The molecule has 0 aliphatic carbocycles. The summed E-state index contributed by atoms with van der Waals surface area (Å²) in [6.45, 7) is 0. The molecule has 0 saturated heterocycles. The van der Waals surface area contributed by atoms with Gasteiger partial charge in [0.1, 0.15) is 0 Å². The van der Waals surface area contributed by atoms with E-state index in [1.54, 1.807) is 0 Å². The lowest BCUT2D eigenvalue weighted by atomic mass is 9.92. The fraction of sp³-hybridized carbons (Fsp3) is 0. The summed E-state index contributed by atoms with van der Waals surface area (Å²) in [6.07, 6.45) is 0. The van der Waals surface area contributed by atoms with Crippen LogP contribution in [-0.4, -0.2) is 19.5 Å². The molecule has 8 aromatic carbocycles. The van der Waals surface area contributed by atoms with Crippen molar-refractivity contribution in [3.05, 3.63) is 200 Å². The maximum atomic E-state index is 5.06. The Morgan fingerprint density at radius 2 is 0.786 bits per heavy atom. The first-order valence-corrected chi connectivity index (χ1v) is 18.9. The number of anilines is 3. The van der Waals surface area contributed by atoms with Crippen LogP contribution in [0.4, 0.5) is 17.1 Å². The minimum Gasteiger partial charge on any atom is -0.309 e. The summed E-state index contributed by atoms with van der Waals surface area (Å²) < 4.78 is 2.39. The Balaban J connectivity index is 1.14. The summed E-state index contributed by atoms with van der Waals surface area (Å²) in [4.78, 5) is 17.4. The quantitative estimate of drug-likeness (QED) is 0.178. The lowest BCUT2D eigenvalue weighted by Gasteiger charge is -2.27.